The molecule has 0 aliphatic carbocycles. The minimum Gasteiger partial charge on any atom is -0.389 e. The van der Waals surface area contributed by atoms with Crippen molar-refractivity contribution in [2.45, 2.75) is 38.7 Å². The molecule has 0 radical (unpaired) electrons. The molecule has 4 heteroatoms. The zero-order chi connectivity index (χ0) is 12.3. The van der Waals surface area contributed by atoms with Crippen LogP contribution in [-0.2, 0) is 9.47 Å². The number of nitrogens with one attached hydrogen (secondary N) is 1. The van der Waals surface area contributed by atoms with Crippen LogP contribution in [0.25, 0.3) is 0 Å². The second kappa shape index (κ2) is 10.0. The minimum atomic E-state index is -0.592. The van der Waals surface area contributed by atoms with Gasteiger partial charge in [-0.3, -0.25) is 0 Å². The third-order valence-corrected chi connectivity index (χ3v) is 2.35. The van der Waals surface area contributed by atoms with Crippen molar-refractivity contribution in [3.63, 3.8) is 0 Å². The van der Waals surface area contributed by atoms with Crippen molar-refractivity contribution < 1.29 is 14.6 Å². The highest BCUT2D eigenvalue weighted by Crippen LogP contribution is 2.09. The average molecular weight is 233 g/mol. The summed E-state index contributed by atoms with van der Waals surface area (Å²) in [6, 6.07) is 0. The fourth-order valence-electron chi connectivity index (χ4n) is 1.54. The Kier molecular flexibility index (Phi) is 9.92. The molecule has 0 aromatic heterocycles. The average Bonchev–Trinajstić information content (AvgIpc) is 2.22. The topological polar surface area (TPSA) is 50.7 Å². The summed E-state index contributed by atoms with van der Waals surface area (Å²) >= 11 is 0. The molecule has 0 heterocycles. The van der Waals surface area contributed by atoms with Crippen LogP contribution in [0, 0.1) is 0 Å². The summed E-state index contributed by atoms with van der Waals surface area (Å²) in [5.74, 6) is 0. The van der Waals surface area contributed by atoms with Crippen LogP contribution in [0.3, 0.4) is 0 Å². The quantitative estimate of drug-likeness (QED) is 0.526. The maximum absolute atomic E-state index is 9.87. The molecular formula is C12H27NO3. The molecule has 0 aromatic rings. The fourth-order valence-corrected chi connectivity index (χ4v) is 1.54. The van der Waals surface area contributed by atoms with Gasteiger partial charge in [-0.15, -0.1) is 0 Å². The Morgan fingerprint density at radius 3 is 2.62 bits per heavy atom. The first kappa shape index (κ1) is 15.8. The van der Waals surface area contributed by atoms with E-state index >= 15 is 0 Å². The van der Waals surface area contributed by atoms with Gasteiger partial charge >= 0.3 is 0 Å². The van der Waals surface area contributed by atoms with Crippen LogP contribution in [-0.4, -0.2) is 50.7 Å². The monoisotopic (exact) mass is 233 g/mol. The summed E-state index contributed by atoms with van der Waals surface area (Å²) in [7, 11) is 1.69. The predicted octanol–water partition coefficient (Wildman–Crippen LogP) is 1.18. The number of ether oxygens (including phenoxy) is 2. The molecule has 0 amide bonds. The van der Waals surface area contributed by atoms with Crippen LogP contribution in [0.1, 0.15) is 33.1 Å². The van der Waals surface area contributed by atoms with Crippen molar-refractivity contribution in [2.24, 2.45) is 0 Å². The van der Waals surface area contributed by atoms with E-state index in [4.69, 9.17) is 9.47 Å². The standard InChI is InChI=1S/C12H27NO3/c1-4-6-12(2,14)11-13-7-10-16-9-5-8-15-3/h13-14H,4-11H2,1-3H3. The van der Waals surface area contributed by atoms with Crippen molar-refractivity contribution >= 4 is 0 Å². The first-order valence-electron chi connectivity index (χ1n) is 6.12. The molecule has 0 aliphatic heterocycles. The summed E-state index contributed by atoms with van der Waals surface area (Å²) in [6.45, 7) is 7.52. The van der Waals surface area contributed by atoms with Crippen LogP contribution in [0.4, 0.5) is 0 Å². The second-order valence-electron chi connectivity index (χ2n) is 4.38. The van der Waals surface area contributed by atoms with E-state index in [1.807, 2.05) is 6.92 Å². The Balaban J connectivity index is 3.20. The number of hydrogen-bond donors (Lipinski definition) is 2. The normalized spacial score (nSPS) is 15.0. The molecular weight excluding hydrogens is 206 g/mol. The molecule has 16 heavy (non-hydrogen) atoms. The van der Waals surface area contributed by atoms with Crippen molar-refractivity contribution in [1.82, 2.24) is 5.32 Å². The van der Waals surface area contributed by atoms with E-state index in [2.05, 4.69) is 12.2 Å². The van der Waals surface area contributed by atoms with Gasteiger partial charge in [-0.25, -0.2) is 0 Å². The third-order valence-electron chi connectivity index (χ3n) is 2.35. The second-order valence-corrected chi connectivity index (χ2v) is 4.38. The van der Waals surface area contributed by atoms with Gasteiger partial charge < -0.3 is 19.9 Å². The van der Waals surface area contributed by atoms with E-state index in [-0.39, 0.29) is 0 Å². The smallest absolute Gasteiger partial charge is 0.0743 e. The van der Waals surface area contributed by atoms with E-state index < -0.39 is 5.60 Å². The van der Waals surface area contributed by atoms with Gasteiger partial charge in [0.25, 0.3) is 0 Å². The lowest BCUT2D eigenvalue weighted by Gasteiger charge is -2.22. The van der Waals surface area contributed by atoms with Gasteiger partial charge in [-0.05, 0) is 19.8 Å². The summed E-state index contributed by atoms with van der Waals surface area (Å²) in [4.78, 5) is 0. The third kappa shape index (κ3) is 10.4. The molecule has 0 fully saturated rings. The molecule has 0 saturated carbocycles. The molecule has 0 spiro atoms. The lowest BCUT2D eigenvalue weighted by atomic mass is 10.0. The summed E-state index contributed by atoms with van der Waals surface area (Å²) in [5, 5.41) is 13.1. The minimum absolute atomic E-state index is 0.592. The molecule has 1 unspecified atom stereocenters. The van der Waals surface area contributed by atoms with Crippen molar-refractivity contribution in [1.29, 1.82) is 0 Å². The molecule has 1 atom stereocenters. The highest BCUT2D eigenvalue weighted by Gasteiger charge is 2.17. The van der Waals surface area contributed by atoms with Crippen molar-refractivity contribution in [3.05, 3.63) is 0 Å². The van der Waals surface area contributed by atoms with Gasteiger partial charge in [0.1, 0.15) is 0 Å². The Hall–Kier alpha value is -0.160. The fraction of sp³-hybridized carbons (Fsp3) is 1.00. The Morgan fingerprint density at radius 1 is 1.25 bits per heavy atom. The van der Waals surface area contributed by atoms with Crippen LogP contribution < -0.4 is 5.32 Å². The predicted molar refractivity (Wildman–Crippen MR) is 65.7 cm³/mol. The molecule has 0 saturated heterocycles. The van der Waals surface area contributed by atoms with Gasteiger partial charge in [0.05, 0.1) is 12.2 Å². The van der Waals surface area contributed by atoms with Gasteiger partial charge in [0, 0.05) is 33.4 Å². The van der Waals surface area contributed by atoms with E-state index in [1.165, 1.54) is 0 Å². The Bertz CT molecular complexity index is 151. The number of methoxy groups -OCH3 is 1. The van der Waals surface area contributed by atoms with E-state index in [0.29, 0.717) is 13.2 Å². The van der Waals surface area contributed by atoms with Crippen molar-refractivity contribution in [3.8, 4) is 0 Å². The van der Waals surface area contributed by atoms with Gasteiger partial charge in [0.2, 0.25) is 0 Å². The number of aliphatic hydroxyl groups is 1. The lowest BCUT2D eigenvalue weighted by Crippen LogP contribution is -2.38. The highest BCUT2D eigenvalue weighted by atomic mass is 16.5. The zero-order valence-electron chi connectivity index (χ0n) is 10.9. The maximum Gasteiger partial charge on any atom is 0.0743 e. The molecule has 0 aliphatic rings. The first-order valence-corrected chi connectivity index (χ1v) is 6.12. The molecule has 98 valence electrons. The first-order chi connectivity index (χ1) is 7.62. The Morgan fingerprint density at radius 2 is 2.00 bits per heavy atom. The van der Waals surface area contributed by atoms with Crippen molar-refractivity contribution in [2.75, 3.05) is 40.0 Å². The van der Waals surface area contributed by atoms with Crippen LogP contribution in [0.5, 0.6) is 0 Å². The van der Waals surface area contributed by atoms with Gasteiger partial charge in [0.15, 0.2) is 0 Å². The number of hydrogen-bond acceptors (Lipinski definition) is 4. The SMILES string of the molecule is CCCC(C)(O)CNCCOCCCOC. The number of rotatable bonds is 11. The molecule has 0 aromatic carbocycles. The van der Waals surface area contributed by atoms with Crippen LogP contribution in [0.15, 0.2) is 0 Å². The van der Waals surface area contributed by atoms with Crippen LogP contribution in [0.2, 0.25) is 0 Å². The van der Waals surface area contributed by atoms with Gasteiger partial charge in [-0.2, -0.15) is 0 Å². The largest absolute Gasteiger partial charge is 0.389 e. The Labute approximate surface area is 99.3 Å². The zero-order valence-corrected chi connectivity index (χ0v) is 10.9. The molecule has 2 N–H and O–H groups in total. The molecule has 4 nitrogen and oxygen atoms in total. The maximum atomic E-state index is 9.87. The summed E-state index contributed by atoms with van der Waals surface area (Å²) in [6.07, 6.45) is 2.76. The summed E-state index contributed by atoms with van der Waals surface area (Å²) in [5.41, 5.74) is -0.592. The van der Waals surface area contributed by atoms with E-state index in [9.17, 15) is 5.11 Å². The van der Waals surface area contributed by atoms with E-state index in [1.54, 1.807) is 7.11 Å². The van der Waals surface area contributed by atoms with Gasteiger partial charge in [-0.1, -0.05) is 13.3 Å². The molecule has 0 rings (SSSR count). The van der Waals surface area contributed by atoms with Crippen LogP contribution >= 0.6 is 0 Å². The molecule has 0 bridgehead atoms. The highest BCUT2D eigenvalue weighted by molar-refractivity contribution is 4.74. The van der Waals surface area contributed by atoms with E-state index in [0.717, 1.165) is 39.0 Å². The summed E-state index contributed by atoms with van der Waals surface area (Å²) < 4.78 is 10.3. The lowest BCUT2D eigenvalue weighted by molar-refractivity contribution is 0.0462.